The number of aryl methyl sites for hydroxylation is 1. The lowest BCUT2D eigenvalue weighted by Gasteiger charge is -2.03. The largest absolute Gasteiger partial charge is 0.454 e. The number of benzene rings is 3. The normalized spacial score (nSPS) is 13.2. The van der Waals surface area contributed by atoms with Crippen LogP contribution in [0.5, 0.6) is 11.5 Å². The first-order valence-electron chi connectivity index (χ1n) is 11.0. The molecule has 3 heterocycles. The molecule has 0 unspecified atom stereocenters. The number of hydrogen-bond donors (Lipinski definition) is 0. The zero-order chi connectivity index (χ0) is 24.6. The molecule has 0 fully saturated rings. The fourth-order valence-corrected chi connectivity index (χ4v) is 4.66. The first-order chi connectivity index (χ1) is 17.5. The topological polar surface area (TPSA) is 104 Å². The summed E-state index contributed by atoms with van der Waals surface area (Å²) in [5.41, 5.74) is 3.45. The molecular weight excluding hydrogens is 480 g/mol. The molecule has 9 nitrogen and oxygen atoms in total. The van der Waals surface area contributed by atoms with Crippen molar-refractivity contribution in [2.24, 2.45) is 10.1 Å². The number of nitro benzene ring substituents is 1. The van der Waals surface area contributed by atoms with Crippen LogP contribution in [0, 0.1) is 17.0 Å². The molecule has 1 aliphatic heterocycles. The van der Waals surface area contributed by atoms with Crippen molar-refractivity contribution in [3.05, 3.63) is 98.2 Å². The molecule has 0 saturated heterocycles. The van der Waals surface area contributed by atoms with Crippen molar-refractivity contribution in [1.82, 2.24) is 4.68 Å². The average Bonchev–Trinajstić information content (AvgIpc) is 3.61. The van der Waals surface area contributed by atoms with E-state index in [4.69, 9.17) is 18.9 Å². The monoisotopic (exact) mass is 498 g/mol. The number of nitro groups is 1. The van der Waals surface area contributed by atoms with Gasteiger partial charge < -0.3 is 13.9 Å². The van der Waals surface area contributed by atoms with Crippen LogP contribution >= 0.6 is 11.3 Å². The zero-order valence-electron chi connectivity index (χ0n) is 19.0. The van der Waals surface area contributed by atoms with Crippen LogP contribution in [0.1, 0.15) is 11.1 Å². The Morgan fingerprint density at radius 2 is 1.83 bits per heavy atom. The van der Waals surface area contributed by atoms with Crippen LogP contribution in [0.15, 0.2) is 86.6 Å². The lowest BCUT2D eigenvalue weighted by Crippen LogP contribution is -2.11. The maximum atomic E-state index is 11.7. The van der Waals surface area contributed by atoms with Crippen LogP contribution in [0.4, 0.5) is 11.4 Å². The number of fused-ring (bicyclic) bond motifs is 2. The number of furan rings is 1. The Morgan fingerprint density at radius 3 is 2.61 bits per heavy atom. The third-order valence-corrected chi connectivity index (χ3v) is 6.47. The lowest BCUT2D eigenvalue weighted by molar-refractivity contribution is -0.385. The van der Waals surface area contributed by atoms with Crippen LogP contribution in [0.25, 0.3) is 22.4 Å². The molecular formula is C26H18N4O5S. The molecule has 0 aliphatic carbocycles. The first kappa shape index (κ1) is 21.8. The molecule has 10 heteroatoms. The highest BCUT2D eigenvalue weighted by atomic mass is 32.1. The number of aromatic nitrogens is 1. The van der Waals surface area contributed by atoms with Crippen molar-refractivity contribution >= 4 is 39.9 Å². The van der Waals surface area contributed by atoms with E-state index in [1.54, 1.807) is 10.7 Å². The van der Waals surface area contributed by atoms with Gasteiger partial charge in [0.05, 0.1) is 28.5 Å². The van der Waals surface area contributed by atoms with Gasteiger partial charge in [0.15, 0.2) is 17.3 Å². The smallest absolute Gasteiger partial charge is 0.282 e. The maximum Gasteiger partial charge on any atom is 0.282 e. The maximum absolute atomic E-state index is 11.7. The number of rotatable bonds is 5. The van der Waals surface area contributed by atoms with Crippen molar-refractivity contribution in [2.75, 3.05) is 6.79 Å². The highest BCUT2D eigenvalue weighted by Crippen LogP contribution is 2.37. The summed E-state index contributed by atoms with van der Waals surface area (Å²) in [6.45, 7) is 2.03. The molecule has 0 bridgehead atoms. The molecule has 5 aromatic rings. The van der Waals surface area contributed by atoms with Crippen molar-refractivity contribution < 1.29 is 18.8 Å². The average molecular weight is 499 g/mol. The molecule has 36 heavy (non-hydrogen) atoms. The summed E-state index contributed by atoms with van der Waals surface area (Å²) in [5.74, 6) is 1.37. The van der Waals surface area contributed by atoms with E-state index < -0.39 is 4.92 Å². The Morgan fingerprint density at radius 1 is 1.06 bits per heavy atom. The summed E-state index contributed by atoms with van der Waals surface area (Å²) in [5, 5.41) is 19.2. The number of hydrogen-bond acceptors (Lipinski definition) is 8. The Bertz CT molecular complexity index is 1680. The highest BCUT2D eigenvalue weighted by molar-refractivity contribution is 7.07. The quantitative estimate of drug-likeness (QED) is 0.167. The van der Waals surface area contributed by atoms with Gasteiger partial charge >= 0.3 is 0 Å². The molecule has 0 saturated carbocycles. The predicted molar refractivity (Wildman–Crippen MR) is 136 cm³/mol. The van der Waals surface area contributed by atoms with E-state index >= 15 is 0 Å². The number of para-hydroxylation sites is 1. The van der Waals surface area contributed by atoms with Gasteiger partial charge in [0.2, 0.25) is 11.6 Å². The van der Waals surface area contributed by atoms with Crippen molar-refractivity contribution in [2.45, 2.75) is 6.92 Å². The van der Waals surface area contributed by atoms with Crippen molar-refractivity contribution in [3.8, 4) is 23.0 Å². The number of ether oxygens (including phenoxy) is 2. The minimum atomic E-state index is -0.473. The summed E-state index contributed by atoms with van der Waals surface area (Å²) in [4.78, 5) is 16.6. The Hall–Kier alpha value is -4.70. The molecule has 1 aliphatic rings. The van der Waals surface area contributed by atoms with Gasteiger partial charge in [0.25, 0.3) is 5.69 Å². The number of nitrogens with zero attached hydrogens (tertiary/aromatic N) is 4. The van der Waals surface area contributed by atoms with Gasteiger partial charge in [-0.25, -0.2) is 9.67 Å². The van der Waals surface area contributed by atoms with E-state index in [1.807, 2.05) is 66.9 Å². The van der Waals surface area contributed by atoms with E-state index in [0.29, 0.717) is 27.8 Å². The van der Waals surface area contributed by atoms with E-state index in [1.165, 1.54) is 23.6 Å². The van der Waals surface area contributed by atoms with Crippen LogP contribution in [0.3, 0.4) is 0 Å². The molecule has 0 atom stereocenters. The van der Waals surface area contributed by atoms with Gasteiger partial charge in [0.1, 0.15) is 11.3 Å². The van der Waals surface area contributed by atoms with E-state index in [2.05, 4.69) is 5.10 Å². The summed E-state index contributed by atoms with van der Waals surface area (Å²) in [7, 11) is 0. The minimum Gasteiger partial charge on any atom is -0.454 e. The fraction of sp³-hybridized carbons (Fsp3) is 0.0769. The second-order valence-electron chi connectivity index (χ2n) is 8.08. The van der Waals surface area contributed by atoms with Crippen LogP contribution in [-0.2, 0) is 0 Å². The minimum absolute atomic E-state index is 0.0160. The SMILES string of the molecule is Cc1ccc(N=c2scc(-c3cc4ccccc4o3)n2N=Cc2cc3c(cc2[N+](=O)[O-])OCO3)cc1. The molecule has 0 spiro atoms. The van der Waals surface area contributed by atoms with Gasteiger partial charge in [-0.15, -0.1) is 11.3 Å². The first-order valence-corrected chi connectivity index (χ1v) is 11.9. The van der Waals surface area contributed by atoms with Crippen molar-refractivity contribution in [1.29, 1.82) is 0 Å². The zero-order valence-corrected chi connectivity index (χ0v) is 19.8. The fourth-order valence-electron chi connectivity index (χ4n) is 3.83. The Kier molecular flexibility index (Phi) is 5.34. The van der Waals surface area contributed by atoms with Crippen LogP contribution < -0.4 is 14.3 Å². The second kappa shape index (κ2) is 8.82. The molecule has 0 radical (unpaired) electrons. The van der Waals surface area contributed by atoms with Gasteiger partial charge in [-0.2, -0.15) is 5.10 Å². The third-order valence-electron chi connectivity index (χ3n) is 5.65. The van der Waals surface area contributed by atoms with E-state index in [0.717, 1.165) is 22.2 Å². The standard InChI is InChI=1S/C26H18N4O5S/c1-16-6-8-19(9-7-16)28-26-29(21(14-36-26)23-10-17-4-2-3-5-22(17)35-23)27-13-18-11-24-25(34-15-33-24)12-20(18)30(31)32/h2-14H,15H2,1H3. The van der Waals surface area contributed by atoms with Gasteiger partial charge in [-0.05, 0) is 37.3 Å². The number of thiazole rings is 1. The molecule has 0 N–H and O–H groups in total. The molecule has 0 amide bonds. The molecule has 2 aromatic heterocycles. The second-order valence-corrected chi connectivity index (χ2v) is 8.91. The Balaban J connectivity index is 1.51. The van der Waals surface area contributed by atoms with E-state index in [9.17, 15) is 10.1 Å². The summed E-state index contributed by atoms with van der Waals surface area (Å²) in [6.07, 6.45) is 1.42. The lowest BCUT2D eigenvalue weighted by atomic mass is 10.1. The summed E-state index contributed by atoms with van der Waals surface area (Å²) < 4.78 is 18.4. The van der Waals surface area contributed by atoms with Gasteiger partial charge in [-0.1, -0.05) is 35.9 Å². The van der Waals surface area contributed by atoms with Crippen molar-refractivity contribution in [3.63, 3.8) is 0 Å². The van der Waals surface area contributed by atoms with Gasteiger partial charge in [-0.3, -0.25) is 10.1 Å². The Labute approximate surface area is 208 Å². The van der Waals surface area contributed by atoms with Crippen LogP contribution in [0.2, 0.25) is 0 Å². The third kappa shape index (κ3) is 4.03. The molecule has 178 valence electrons. The summed E-state index contributed by atoms with van der Waals surface area (Å²) >= 11 is 1.39. The predicted octanol–water partition coefficient (Wildman–Crippen LogP) is 6.02. The van der Waals surface area contributed by atoms with Gasteiger partial charge in [0, 0.05) is 10.8 Å². The summed E-state index contributed by atoms with van der Waals surface area (Å²) in [6, 6.07) is 20.4. The van der Waals surface area contributed by atoms with E-state index in [-0.39, 0.29) is 18.0 Å². The molecule has 3 aromatic carbocycles. The highest BCUT2D eigenvalue weighted by Gasteiger charge is 2.23. The molecule has 6 rings (SSSR count). The van der Waals surface area contributed by atoms with Crippen LogP contribution in [-0.4, -0.2) is 22.6 Å².